The molecule has 0 fully saturated rings. The van der Waals surface area contributed by atoms with Crippen LogP contribution in [0.1, 0.15) is 29.8 Å². The van der Waals surface area contributed by atoms with Gasteiger partial charge in [0.2, 0.25) is 0 Å². The predicted octanol–water partition coefficient (Wildman–Crippen LogP) is 3.19. The monoisotopic (exact) mass is 303 g/mol. The summed E-state index contributed by atoms with van der Waals surface area (Å²) in [7, 11) is 1.98. The smallest absolute Gasteiger partial charge is 0.253 e. The number of benzene rings is 1. The molecule has 1 aromatic heterocycles. The highest BCUT2D eigenvalue weighted by Crippen LogP contribution is 2.21. The third kappa shape index (κ3) is 3.88. The van der Waals surface area contributed by atoms with Crippen LogP contribution in [0.5, 0.6) is 0 Å². The van der Waals surface area contributed by atoms with Gasteiger partial charge in [0, 0.05) is 43.8 Å². The average Bonchev–Trinajstić information content (AvgIpc) is 2.92. The van der Waals surface area contributed by atoms with Gasteiger partial charge in [-0.05, 0) is 31.5 Å². The molecular weight excluding hydrogens is 282 g/mol. The van der Waals surface area contributed by atoms with E-state index in [0.29, 0.717) is 0 Å². The van der Waals surface area contributed by atoms with E-state index in [1.54, 1.807) is 18.0 Å². The second-order valence-corrected chi connectivity index (χ2v) is 5.73. The molecular formula is C16H21N3OS. The summed E-state index contributed by atoms with van der Waals surface area (Å²) in [5.41, 5.74) is 1.90. The quantitative estimate of drug-likeness (QED) is 0.769. The number of thioether (sulfide) groups is 1. The second-order valence-electron chi connectivity index (χ2n) is 4.79. The van der Waals surface area contributed by atoms with Gasteiger partial charge in [0.1, 0.15) is 0 Å². The van der Waals surface area contributed by atoms with Gasteiger partial charge in [-0.2, -0.15) is 0 Å². The van der Waals surface area contributed by atoms with Crippen molar-refractivity contribution in [2.24, 2.45) is 7.05 Å². The normalized spacial score (nSPS) is 10.6. The summed E-state index contributed by atoms with van der Waals surface area (Å²) in [5, 5.41) is 0.982. The Labute approximate surface area is 130 Å². The van der Waals surface area contributed by atoms with Crippen LogP contribution in [0.15, 0.2) is 41.8 Å². The maximum atomic E-state index is 12.3. The maximum absolute atomic E-state index is 12.3. The number of nitrogens with zero attached hydrogens (tertiary/aromatic N) is 3. The molecule has 1 heterocycles. The molecule has 0 radical (unpaired) electrons. The van der Waals surface area contributed by atoms with Crippen molar-refractivity contribution in [1.29, 1.82) is 0 Å². The fraction of sp³-hybridized carbons (Fsp3) is 0.375. The number of aromatic nitrogens is 2. The molecule has 0 bridgehead atoms. The summed E-state index contributed by atoms with van der Waals surface area (Å²) in [6.07, 6.45) is 3.73. The van der Waals surface area contributed by atoms with Gasteiger partial charge in [0.25, 0.3) is 5.91 Å². The minimum Gasteiger partial charge on any atom is -0.339 e. The third-order valence-electron chi connectivity index (χ3n) is 3.37. The summed E-state index contributed by atoms with van der Waals surface area (Å²) in [5.74, 6) is 0.911. The van der Waals surface area contributed by atoms with E-state index >= 15 is 0 Å². The maximum Gasteiger partial charge on any atom is 0.253 e. The van der Waals surface area contributed by atoms with E-state index in [1.807, 2.05) is 54.8 Å². The highest BCUT2D eigenvalue weighted by atomic mass is 32.2. The number of carbonyl (C=O) groups is 1. The fourth-order valence-electron chi connectivity index (χ4n) is 2.13. The Bertz CT molecular complexity index is 605. The highest BCUT2D eigenvalue weighted by molar-refractivity contribution is 7.98. The molecule has 0 aliphatic heterocycles. The first-order chi connectivity index (χ1) is 10.2. The van der Waals surface area contributed by atoms with Crippen molar-refractivity contribution >= 4 is 17.7 Å². The van der Waals surface area contributed by atoms with Gasteiger partial charge in [-0.25, -0.2) is 4.98 Å². The van der Waals surface area contributed by atoms with Gasteiger partial charge in [0.05, 0.1) is 0 Å². The van der Waals surface area contributed by atoms with Crippen LogP contribution in [0, 0.1) is 0 Å². The first-order valence-electron chi connectivity index (χ1n) is 7.14. The van der Waals surface area contributed by atoms with Crippen LogP contribution < -0.4 is 0 Å². The van der Waals surface area contributed by atoms with Crippen molar-refractivity contribution in [3.63, 3.8) is 0 Å². The number of aryl methyl sites for hydroxylation is 1. The number of hydrogen-bond acceptors (Lipinski definition) is 3. The summed E-state index contributed by atoms with van der Waals surface area (Å²) in [6, 6.07) is 7.87. The molecule has 4 nitrogen and oxygen atoms in total. The lowest BCUT2D eigenvalue weighted by Crippen LogP contribution is -2.30. The lowest BCUT2D eigenvalue weighted by atomic mass is 10.1. The van der Waals surface area contributed by atoms with Gasteiger partial charge >= 0.3 is 0 Å². The molecule has 0 N–H and O–H groups in total. The SMILES string of the molecule is CCN(CC)C(=O)c1cccc(CSc2nccn2C)c1. The molecule has 2 aromatic rings. The molecule has 112 valence electrons. The standard InChI is InChI=1S/C16H21N3OS/c1-4-19(5-2)15(20)14-8-6-7-13(11-14)12-21-16-17-9-10-18(16)3/h6-11H,4-5,12H2,1-3H3. The molecule has 0 atom stereocenters. The van der Waals surface area contributed by atoms with Crippen molar-refractivity contribution in [3.8, 4) is 0 Å². The van der Waals surface area contributed by atoms with Gasteiger partial charge < -0.3 is 9.47 Å². The molecule has 21 heavy (non-hydrogen) atoms. The van der Waals surface area contributed by atoms with E-state index in [0.717, 1.165) is 35.1 Å². The van der Waals surface area contributed by atoms with Crippen LogP contribution in [0.2, 0.25) is 0 Å². The molecule has 0 aliphatic rings. The molecule has 1 amide bonds. The van der Waals surface area contributed by atoms with E-state index in [1.165, 1.54) is 0 Å². The Kier molecular flexibility index (Phi) is 5.44. The molecule has 0 spiro atoms. The van der Waals surface area contributed by atoms with Gasteiger partial charge in [-0.15, -0.1) is 0 Å². The van der Waals surface area contributed by atoms with E-state index in [-0.39, 0.29) is 5.91 Å². The molecule has 0 aliphatic carbocycles. The zero-order chi connectivity index (χ0) is 15.2. The number of imidazole rings is 1. The van der Waals surface area contributed by atoms with Gasteiger partial charge in [0.15, 0.2) is 5.16 Å². The zero-order valence-electron chi connectivity index (χ0n) is 12.7. The zero-order valence-corrected chi connectivity index (χ0v) is 13.6. The Hall–Kier alpha value is -1.75. The van der Waals surface area contributed by atoms with Crippen molar-refractivity contribution in [2.75, 3.05) is 13.1 Å². The van der Waals surface area contributed by atoms with Crippen molar-refractivity contribution in [2.45, 2.75) is 24.8 Å². The number of amides is 1. The molecule has 1 aromatic carbocycles. The van der Waals surface area contributed by atoms with E-state index < -0.39 is 0 Å². The van der Waals surface area contributed by atoms with E-state index in [2.05, 4.69) is 11.1 Å². The van der Waals surface area contributed by atoms with Crippen LogP contribution in [-0.4, -0.2) is 33.4 Å². The van der Waals surface area contributed by atoms with Crippen molar-refractivity contribution < 1.29 is 4.79 Å². The largest absolute Gasteiger partial charge is 0.339 e. The fourth-order valence-corrected chi connectivity index (χ4v) is 3.00. The Balaban J connectivity index is 2.07. The van der Waals surface area contributed by atoms with Crippen LogP contribution >= 0.6 is 11.8 Å². The summed E-state index contributed by atoms with van der Waals surface area (Å²) in [6.45, 7) is 5.48. The number of rotatable bonds is 6. The lowest BCUT2D eigenvalue weighted by Gasteiger charge is -2.18. The van der Waals surface area contributed by atoms with E-state index in [4.69, 9.17) is 0 Å². The molecule has 0 saturated carbocycles. The molecule has 0 unspecified atom stereocenters. The Morgan fingerprint density at radius 2 is 2.10 bits per heavy atom. The van der Waals surface area contributed by atoms with E-state index in [9.17, 15) is 4.79 Å². The van der Waals surface area contributed by atoms with Crippen LogP contribution in [0.4, 0.5) is 0 Å². The van der Waals surface area contributed by atoms with Gasteiger partial charge in [-0.3, -0.25) is 4.79 Å². The van der Waals surface area contributed by atoms with Crippen LogP contribution in [0.3, 0.4) is 0 Å². The van der Waals surface area contributed by atoms with Crippen LogP contribution in [-0.2, 0) is 12.8 Å². The lowest BCUT2D eigenvalue weighted by molar-refractivity contribution is 0.0773. The third-order valence-corrected chi connectivity index (χ3v) is 4.50. The minimum atomic E-state index is 0.101. The summed E-state index contributed by atoms with van der Waals surface area (Å²) < 4.78 is 2.00. The Morgan fingerprint density at radius 3 is 2.71 bits per heavy atom. The van der Waals surface area contributed by atoms with Crippen molar-refractivity contribution in [1.82, 2.24) is 14.5 Å². The van der Waals surface area contributed by atoms with Crippen LogP contribution in [0.25, 0.3) is 0 Å². The first-order valence-corrected chi connectivity index (χ1v) is 8.12. The summed E-state index contributed by atoms with van der Waals surface area (Å²) >= 11 is 1.67. The average molecular weight is 303 g/mol. The van der Waals surface area contributed by atoms with Gasteiger partial charge in [-0.1, -0.05) is 23.9 Å². The molecule has 0 saturated heterocycles. The van der Waals surface area contributed by atoms with Crippen molar-refractivity contribution in [3.05, 3.63) is 47.8 Å². The highest BCUT2D eigenvalue weighted by Gasteiger charge is 2.12. The first kappa shape index (κ1) is 15.6. The molecule has 2 rings (SSSR count). The Morgan fingerprint density at radius 1 is 1.33 bits per heavy atom. The molecule has 5 heteroatoms. The number of carbonyl (C=O) groups excluding carboxylic acids is 1. The number of hydrogen-bond donors (Lipinski definition) is 0. The minimum absolute atomic E-state index is 0.101. The second kappa shape index (κ2) is 7.31. The summed E-state index contributed by atoms with van der Waals surface area (Å²) in [4.78, 5) is 18.5. The predicted molar refractivity (Wildman–Crippen MR) is 86.5 cm³/mol. The topological polar surface area (TPSA) is 38.1 Å².